The van der Waals surface area contributed by atoms with Crippen molar-refractivity contribution < 1.29 is 4.74 Å². The van der Waals surface area contributed by atoms with Crippen LogP contribution in [0.3, 0.4) is 0 Å². The molecule has 0 N–H and O–H groups in total. The lowest BCUT2D eigenvalue weighted by Crippen LogP contribution is -2.17. The summed E-state index contributed by atoms with van der Waals surface area (Å²) in [6.45, 7) is 14.3. The molecule has 0 spiro atoms. The van der Waals surface area contributed by atoms with Crippen LogP contribution in [0, 0.1) is 0 Å². The van der Waals surface area contributed by atoms with E-state index in [1.807, 2.05) is 0 Å². The highest BCUT2D eigenvalue weighted by atomic mass is 32.1. The van der Waals surface area contributed by atoms with Gasteiger partial charge in [-0.05, 0) is 53.0 Å². The van der Waals surface area contributed by atoms with E-state index in [-0.39, 0.29) is 10.8 Å². The average Bonchev–Trinajstić information content (AvgIpc) is 2.36. The van der Waals surface area contributed by atoms with Crippen LogP contribution in [0.5, 0.6) is 5.75 Å². The van der Waals surface area contributed by atoms with Gasteiger partial charge >= 0.3 is 0 Å². The van der Waals surface area contributed by atoms with Gasteiger partial charge < -0.3 is 4.74 Å². The standard InChI is InChI=1S/C19H32OS/c1-18(2,3)15-10-11-17(16(14-15)19(4,5)6)20-12-8-7-9-13-21/h10-11,14,21H,7-9,12-13H2,1-6H3. The number of rotatable bonds is 6. The second-order valence-electron chi connectivity index (χ2n) is 7.84. The van der Waals surface area contributed by atoms with Crippen molar-refractivity contribution in [2.45, 2.75) is 71.6 Å². The van der Waals surface area contributed by atoms with Gasteiger partial charge in [-0.2, -0.15) is 12.6 Å². The van der Waals surface area contributed by atoms with Crippen molar-refractivity contribution in [3.63, 3.8) is 0 Å². The molecule has 0 saturated carbocycles. The van der Waals surface area contributed by atoms with Crippen molar-refractivity contribution in [1.29, 1.82) is 0 Å². The van der Waals surface area contributed by atoms with Crippen molar-refractivity contribution in [2.24, 2.45) is 0 Å². The summed E-state index contributed by atoms with van der Waals surface area (Å²) in [6.07, 6.45) is 3.46. The number of hydrogen-bond donors (Lipinski definition) is 1. The van der Waals surface area contributed by atoms with E-state index in [9.17, 15) is 0 Å². The Balaban J connectivity index is 2.88. The molecule has 0 aromatic heterocycles. The van der Waals surface area contributed by atoms with Crippen LogP contribution in [0.25, 0.3) is 0 Å². The Kier molecular flexibility index (Phi) is 6.65. The molecule has 0 aliphatic heterocycles. The first kappa shape index (κ1) is 18.4. The van der Waals surface area contributed by atoms with Gasteiger partial charge in [-0.3, -0.25) is 0 Å². The Labute approximate surface area is 136 Å². The van der Waals surface area contributed by atoms with Crippen LogP contribution in [-0.2, 0) is 10.8 Å². The van der Waals surface area contributed by atoms with Crippen molar-refractivity contribution in [3.8, 4) is 5.75 Å². The SMILES string of the molecule is CC(C)(C)c1ccc(OCCCCCS)c(C(C)(C)C)c1. The predicted octanol–water partition coefficient (Wildman–Crippen LogP) is 5.76. The van der Waals surface area contributed by atoms with Gasteiger partial charge in [-0.15, -0.1) is 0 Å². The minimum atomic E-state index is 0.0989. The highest BCUT2D eigenvalue weighted by Gasteiger charge is 2.22. The van der Waals surface area contributed by atoms with Crippen LogP contribution in [0.4, 0.5) is 0 Å². The fraction of sp³-hybridized carbons (Fsp3) is 0.684. The van der Waals surface area contributed by atoms with Crippen molar-refractivity contribution in [1.82, 2.24) is 0 Å². The zero-order valence-electron chi connectivity index (χ0n) is 14.6. The van der Waals surface area contributed by atoms with Gasteiger partial charge in [-0.25, -0.2) is 0 Å². The summed E-state index contributed by atoms with van der Waals surface area (Å²) in [7, 11) is 0. The molecule has 120 valence electrons. The van der Waals surface area contributed by atoms with Crippen molar-refractivity contribution >= 4 is 12.6 Å². The van der Waals surface area contributed by atoms with Crippen LogP contribution in [0.15, 0.2) is 18.2 Å². The Hall–Kier alpha value is -0.630. The minimum absolute atomic E-state index is 0.0989. The number of unbranched alkanes of at least 4 members (excludes halogenated alkanes) is 2. The van der Waals surface area contributed by atoms with Gasteiger partial charge in [0.25, 0.3) is 0 Å². The predicted molar refractivity (Wildman–Crippen MR) is 97.0 cm³/mol. The molecule has 0 unspecified atom stereocenters. The van der Waals surface area contributed by atoms with Crippen LogP contribution in [-0.4, -0.2) is 12.4 Å². The fourth-order valence-electron chi connectivity index (χ4n) is 2.28. The molecule has 21 heavy (non-hydrogen) atoms. The maximum Gasteiger partial charge on any atom is 0.123 e. The lowest BCUT2D eigenvalue weighted by Gasteiger charge is -2.27. The van der Waals surface area contributed by atoms with Crippen molar-refractivity contribution in [2.75, 3.05) is 12.4 Å². The Morgan fingerprint density at radius 2 is 1.57 bits per heavy atom. The molecular weight excluding hydrogens is 276 g/mol. The molecule has 0 heterocycles. The summed E-state index contributed by atoms with van der Waals surface area (Å²) in [5, 5.41) is 0. The third-order valence-electron chi connectivity index (χ3n) is 3.71. The molecule has 2 heteroatoms. The first-order chi connectivity index (χ1) is 9.66. The molecule has 0 radical (unpaired) electrons. The largest absolute Gasteiger partial charge is 0.493 e. The first-order valence-electron chi connectivity index (χ1n) is 8.05. The summed E-state index contributed by atoms with van der Waals surface area (Å²) < 4.78 is 6.05. The molecule has 0 bridgehead atoms. The summed E-state index contributed by atoms with van der Waals surface area (Å²) in [6, 6.07) is 6.68. The van der Waals surface area contributed by atoms with Gasteiger partial charge in [0.2, 0.25) is 0 Å². The molecule has 1 aromatic carbocycles. The second kappa shape index (κ2) is 7.58. The third kappa shape index (κ3) is 5.94. The van der Waals surface area contributed by atoms with Crippen LogP contribution >= 0.6 is 12.6 Å². The fourth-order valence-corrected chi connectivity index (χ4v) is 2.50. The third-order valence-corrected chi connectivity index (χ3v) is 4.03. The summed E-state index contributed by atoms with van der Waals surface area (Å²) >= 11 is 4.24. The maximum atomic E-state index is 6.05. The molecule has 1 nitrogen and oxygen atoms in total. The molecule has 0 amide bonds. The highest BCUT2D eigenvalue weighted by molar-refractivity contribution is 7.80. The van der Waals surface area contributed by atoms with Gasteiger partial charge in [0.05, 0.1) is 6.61 Å². The molecule has 0 aliphatic rings. The normalized spacial score (nSPS) is 12.5. The molecule has 0 fully saturated rings. The molecule has 0 aliphatic carbocycles. The van der Waals surface area contributed by atoms with Gasteiger partial charge in [-0.1, -0.05) is 53.7 Å². The molecule has 0 atom stereocenters. The zero-order valence-corrected chi connectivity index (χ0v) is 15.5. The van der Waals surface area contributed by atoms with Crippen molar-refractivity contribution in [3.05, 3.63) is 29.3 Å². The minimum Gasteiger partial charge on any atom is -0.493 e. The Bertz CT molecular complexity index is 438. The number of benzene rings is 1. The van der Waals surface area contributed by atoms with Gasteiger partial charge in [0.15, 0.2) is 0 Å². The van der Waals surface area contributed by atoms with E-state index in [4.69, 9.17) is 4.74 Å². The lowest BCUT2D eigenvalue weighted by atomic mass is 9.80. The topological polar surface area (TPSA) is 9.23 Å². The monoisotopic (exact) mass is 308 g/mol. The number of thiol groups is 1. The number of hydrogen-bond acceptors (Lipinski definition) is 2. The van der Waals surface area contributed by atoms with E-state index in [0.29, 0.717) is 0 Å². The van der Waals surface area contributed by atoms with Crippen LogP contribution in [0.2, 0.25) is 0 Å². The van der Waals surface area contributed by atoms with E-state index < -0.39 is 0 Å². The van der Waals surface area contributed by atoms with Gasteiger partial charge in [0, 0.05) is 0 Å². The van der Waals surface area contributed by atoms with E-state index in [1.165, 1.54) is 24.0 Å². The maximum absolute atomic E-state index is 6.05. The summed E-state index contributed by atoms with van der Waals surface area (Å²) in [5.41, 5.74) is 2.95. The molecule has 1 aromatic rings. The van der Waals surface area contributed by atoms with E-state index in [0.717, 1.165) is 24.5 Å². The molecular formula is C19H32OS. The van der Waals surface area contributed by atoms with E-state index in [1.54, 1.807) is 0 Å². The van der Waals surface area contributed by atoms with Crippen LogP contribution in [0.1, 0.15) is 71.9 Å². The first-order valence-corrected chi connectivity index (χ1v) is 8.68. The highest BCUT2D eigenvalue weighted by Crippen LogP contribution is 2.35. The van der Waals surface area contributed by atoms with E-state index in [2.05, 4.69) is 72.4 Å². The quantitative estimate of drug-likeness (QED) is 0.519. The summed E-state index contributed by atoms with van der Waals surface area (Å²) in [5.74, 6) is 2.01. The summed E-state index contributed by atoms with van der Waals surface area (Å²) in [4.78, 5) is 0. The number of ether oxygens (including phenoxy) is 1. The average molecular weight is 309 g/mol. The van der Waals surface area contributed by atoms with E-state index >= 15 is 0 Å². The zero-order chi connectivity index (χ0) is 16.1. The Morgan fingerprint density at radius 3 is 2.10 bits per heavy atom. The molecule has 0 saturated heterocycles. The second-order valence-corrected chi connectivity index (χ2v) is 8.29. The smallest absolute Gasteiger partial charge is 0.123 e. The van der Waals surface area contributed by atoms with Gasteiger partial charge in [0.1, 0.15) is 5.75 Å². The Morgan fingerprint density at radius 1 is 0.905 bits per heavy atom. The molecule has 1 rings (SSSR count). The lowest BCUT2D eigenvalue weighted by molar-refractivity contribution is 0.298. The van der Waals surface area contributed by atoms with Crippen LogP contribution < -0.4 is 4.74 Å².